The number of benzene rings is 1. The zero-order valence-electron chi connectivity index (χ0n) is 17.7. The van der Waals surface area contributed by atoms with E-state index in [0.717, 1.165) is 5.56 Å². The molecule has 1 saturated heterocycles. The molecule has 0 unspecified atom stereocenters. The Morgan fingerprint density at radius 3 is 2.50 bits per heavy atom. The molecule has 1 amide bonds. The quantitative estimate of drug-likeness (QED) is 0.705. The highest BCUT2D eigenvalue weighted by Crippen LogP contribution is 2.26. The predicted molar refractivity (Wildman–Crippen MR) is 111 cm³/mol. The first kappa shape index (κ1) is 22.1. The number of ether oxygens (including phenoxy) is 2. The summed E-state index contributed by atoms with van der Waals surface area (Å²) in [6.45, 7) is 2.68. The molecule has 30 heavy (non-hydrogen) atoms. The van der Waals surface area contributed by atoms with Gasteiger partial charge in [-0.2, -0.15) is 4.31 Å². The molecular weight excluding hydrogens is 408 g/mol. The van der Waals surface area contributed by atoms with Crippen molar-refractivity contribution in [3.05, 3.63) is 35.8 Å². The van der Waals surface area contributed by atoms with Crippen LogP contribution in [-0.4, -0.2) is 55.5 Å². The number of amides is 1. The Hall–Kier alpha value is -2.59. The van der Waals surface area contributed by atoms with E-state index in [9.17, 15) is 13.2 Å². The Labute approximate surface area is 177 Å². The minimum atomic E-state index is -3.64. The molecule has 0 saturated carbocycles. The molecule has 1 N–H and O–H groups in total. The number of nitrogens with zero attached hydrogens (tertiary/aromatic N) is 3. The van der Waals surface area contributed by atoms with Crippen LogP contribution in [-0.2, 0) is 28.4 Å². The third kappa shape index (κ3) is 4.59. The van der Waals surface area contributed by atoms with Crippen LogP contribution in [0.1, 0.15) is 24.2 Å². The first-order valence-electron chi connectivity index (χ1n) is 9.75. The highest BCUT2D eigenvalue weighted by Gasteiger charge is 2.33. The van der Waals surface area contributed by atoms with Crippen molar-refractivity contribution in [2.75, 3.05) is 27.3 Å². The number of carbonyl (C=O) groups is 1. The second-order valence-electron chi connectivity index (χ2n) is 7.31. The number of piperidine rings is 1. The van der Waals surface area contributed by atoms with Crippen LogP contribution in [0.4, 0.5) is 0 Å². The lowest BCUT2D eigenvalue weighted by atomic mass is 9.97. The summed E-state index contributed by atoms with van der Waals surface area (Å²) < 4.78 is 39.2. The largest absolute Gasteiger partial charge is 0.497 e. The van der Waals surface area contributed by atoms with Gasteiger partial charge in [0.1, 0.15) is 17.3 Å². The minimum absolute atomic E-state index is 0.0528. The van der Waals surface area contributed by atoms with Crippen molar-refractivity contribution in [2.45, 2.75) is 31.3 Å². The zero-order chi connectivity index (χ0) is 21.9. The van der Waals surface area contributed by atoms with Crippen LogP contribution in [0.5, 0.6) is 11.5 Å². The average Bonchev–Trinajstić information content (AvgIpc) is 3.11. The maximum Gasteiger partial charge on any atom is 0.262 e. The number of hydrogen-bond donors (Lipinski definition) is 1. The van der Waals surface area contributed by atoms with Gasteiger partial charge in [-0.05, 0) is 31.9 Å². The number of carbonyl (C=O) groups excluding carboxylic acids is 1. The van der Waals surface area contributed by atoms with Crippen LogP contribution in [0.25, 0.3) is 0 Å². The van der Waals surface area contributed by atoms with Crippen LogP contribution in [0.2, 0.25) is 0 Å². The third-order valence-corrected chi connectivity index (χ3v) is 7.23. The van der Waals surface area contributed by atoms with E-state index in [-0.39, 0.29) is 16.9 Å². The van der Waals surface area contributed by atoms with Gasteiger partial charge in [-0.25, -0.2) is 13.4 Å². The minimum Gasteiger partial charge on any atom is -0.497 e. The van der Waals surface area contributed by atoms with E-state index in [1.54, 1.807) is 38.8 Å². The van der Waals surface area contributed by atoms with Crippen molar-refractivity contribution >= 4 is 15.9 Å². The first-order chi connectivity index (χ1) is 14.3. The molecule has 1 aromatic carbocycles. The molecule has 0 bridgehead atoms. The smallest absolute Gasteiger partial charge is 0.262 e. The molecule has 0 radical (unpaired) electrons. The van der Waals surface area contributed by atoms with Gasteiger partial charge in [0.15, 0.2) is 5.03 Å². The summed E-state index contributed by atoms with van der Waals surface area (Å²) in [5.41, 5.74) is 0.845. The number of hydrogen-bond acceptors (Lipinski definition) is 6. The van der Waals surface area contributed by atoms with Crippen LogP contribution >= 0.6 is 0 Å². The fourth-order valence-corrected chi connectivity index (χ4v) is 4.96. The van der Waals surface area contributed by atoms with Crippen molar-refractivity contribution < 1.29 is 22.7 Å². The van der Waals surface area contributed by atoms with E-state index in [1.807, 2.05) is 12.1 Å². The van der Waals surface area contributed by atoms with Crippen LogP contribution in [0, 0.1) is 12.8 Å². The number of sulfonamides is 1. The van der Waals surface area contributed by atoms with E-state index in [1.165, 1.54) is 10.5 Å². The van der Waals surface area contributed by atoms with Gasteiger partial charge in [-0.1, -0.05) is 0 Å². The molecule has 1 aliphatic rings. The van der Waals surface area contributed by atoms with Gasteiger partial charge in [0, 0.05) is 50.4 Å². The molecular formula is C20H28N4O5S. The fraction of sp³-hybridized carbons (Fsp3) is 0.500. The number of rotatable bonds is 7. The van der Waals surface area contributed by atoms with E-state index >= 15 is 0 Å². The maximum atomic E-state index is 12.8. The van der Waals surface area contributed by atoms with Crippen molar-refractivity contribution in [1.82, 2.24) is 19.2 Å². The summed E-state index contributed by atoms with van der Waals surface area (Å²) in [6, 6.07) is 5.43. The topological polar surface area (TPSA) is 103 Å². The third-order valence-electron chi connectivity index (χ3n) is 5.46. The normalized spacial score (nSPS) is 15.7. The molecule has 1 aliphatic heterocycles. The number of aryl methyl sites for hydroxylation is 2. The fourth-order valence-electron chi connectivity index (χ4n) is 3.47. The van der Waals surface area contributed by atoms with Crippen molar-refractivity contribution in [1.29, 1.82) is 0 Å². The second-order valence-corrected chi connectivity index (χ2v) is 9.20. The molecule has 9 nitrogen and oxygen atoms in total. The van der Waals surface area contributed by atoms with Crippen molar-refractivity contribution in [2.24, 2.45) is 13.0 Å². The van der Waals surface area contributed by atoms with Crippen LogP contribution in [0.15, 0.2) is 29.4 Å². The molecule has 164 valence electrons. The number of nitrogens with one attached hydrogen (secondary N) is 1. The lowest BCUT2D eigenvalue weighted by Crippen LogP contribution is -2.43. The van der Waals surface area contributed by atoms with Gasteiger partial charge in [-0.15, -0.1) is 0 Å². The van der Waals surface area contributed by atoms with E-state index < -0.39 is 10.0 Å². The molecule has 0 spiro atoms. The SMILES string of the molecule is COc1ccc(CNC(=O)C2CCN(S(=O)(=O)c3cn(C)c(C)n3)CC2)c(OC)c1. The maximum absolute atomic E-state index is 12.8. The molecule has 2 heterocycles. The summed E-state index contributed by atoms with van der Waals surface area (Å²) in [5, 5.41) is 2.99. The lowest BCUT2D eigenvalue weighted by Gasteiger charge is -2.30. The molecule has 0 aliphatic carbocycles. The van der Waals surface area contributed by atoms with Gasteiger partial charge in [-0.3, -0.25) is 4.79 Å². The van der Waals surface area contributed by atoms with Gasteiger partial charge in [0.25, 0.3) is 10.0 Å². The van der Waals surface area contributed by atoms with Gasteiger partial charge in [0.05, 0.1) is 14.2 Å². The van der Waals surface area contributed by atoms with E-state index in [2.05, 4.69) is 10.3 Å². The highest BCUT2D eigenvalue weighted by molar-refractivity contribution is 7.89. The Morgan fingerprint density at radius 1 is 1.23 bits per heavy atom. The van der Waals surface area contributed by atoms with Gasteiger partial charge < -0.3 is 19.4 Å². The Bertz CT molecular complexity index is 991. The summed E-state index contributed by atoms with van der Waals surface area (Å²) in [5.74, 6) is 1.64. The first-order valence-corrected chi connectivity index (χ1v) is 11.2. The summed E-state index contributed by atoms with van der Waals surface area (Å²) in [7, 11) is 1.27. The van der Waals surface area contributed by atoms with Crippen molar-refractivity contribution in [3.63, 3.8) is 0 Å². The van der Waals surface area contributed by atoms with Gasteiger partial charge >= 0.3 is 0 Å². The highest BCUT2D eigenvalue weighted by atomic mass is 32.2. The second kappa shape index (κ2) is 9.05. The average molecular weight is 437 g/mol. The molecule has 1 fully saturated rings. The molecule has 0 atom stereocenters. The van der Waals surface area contributed by atoms with Gasteiger partial charge in [0.2, 0.25) is 5.91 Å². The number of imidazole rings is 1. The summed E-state index contributed by atoms with van der Waals surface area (Å²) in [6.07, 6.45) is 2.46. The number of methoxy groups -OCH3 is 2. The zero-order valence-corrected chi connectivity index (χ0v) is 18.5. The number of aromatic nitrogens is 2. The molecule has 10 heteroatoms. The Balaban J connectivity index is 1.57. The molecule has 1 aromatic heterocycles. The summed E-state index contributed by atoms with van der Waals surface area (Å²) in [4.78, 5) is 16.7. The summed E-state index contributed by atoms with van der Waals surface area (Å²) >= 11 is 0. The van der Waals surface area contributed by atoms with Crippen LogP contribution in [0.3, 0.4) is 0 Å². The standard InChI is InChI=1S/C20H28N4O5S/c1-14-22-19(13-23(14)2)30(26,27)24-9-7-15(8-10-24)20(25)21-12-16-5-6-17(28-3)11-18(16)29-4/h5-6,11,13,15H,7-10,12H2,1-4H3,(H,21,25). The van der Waals surface area contributed by atoms with Crippen LogP contribution < -0.4 is 14.8 Å². The van der Waals surface area contributed by atoms with E-state index in [4.69, 9.17) is 9.47 Å². The Morgan fingerprint density at radius 2 is 1.93 bits per heavy atom. The molecule has 2 aromatic rings. The monoisotopic (exact) mass is 436 g/mol. The lowest BCUT2D eigenvalue weighted by molar-refractivity contribution is -0.126. The van der Waals surface area contributed by atoms with Crippen molar-refractivity contribution in [3.8, 4) is 11.5 Å². The Kier molecular flexibility index (Phi) is 6.67. The molecule has 3 rings (SSSR count). The van der Waals surface area contributed by atoms with E-state index in [0.29, 0.717) is 49.8 Å². The predicted octanol–water partition coefficient (Wildman–Crippen LogP) is 1.46.